The Bertz CT molecular complexity index is 2940. The van der Waals surface area contributed by atoms with Crippen LogP contribution in [-0.2, 0) is 91.3 Å². The van der Waals surface area contributed by atoms with E-state index in [2.05, 4.69) is 156 Å². The fourth-order valence-electron chi connectivity index (χ4n) is 13.3. The standard InChI is InChI=1S/3C30H47O2PS2.Cr/c3*1-5-7-9-11-13-15-17-27-23-25(3)19-21-29(27)32-33(31,34)35-30-22-20-26(4)24-28(30)18-16-14-12-10-8-6-2;/h3*19-24H,5-18H2,1-4H3,(H,31,34);/q;;;+3/p-3. The van der Waals surface area contributed by atoms with E-state index in [9.17, 15) is 14.7 Å². The zero-order valence-electron chi connectivity index (χ0n) is 67.7. The Morgan fingerprint density at radius 3 is 0.604 bits per heavy atom. The molecular formula is C90H138CrO6P3S6. The van der Waals surface area contributed by atoms with Crippen molar-refractivity contribution in [2.24, 2.45) is 0 Å². The summed E-state index contributed by atoms with van der Waals surface area (Å²) in [7, 11) is 0. The number of unbranched alkanes of at least 4 members (excludes halogenated alkanes) is 30. The number of hydrogen-bond donors (Lipinski definition) is 0. The van der Waals surface area contributed by atoms with Crippen molar-refractivity contribution in [3.8, 4) is 17.2 Å². The average Bonchev–Trinajstić information content (AvgIpc) is 0.826. The summed E-state index contributed by atoms with van der Waals surface area (Å²) in [5, 5.41) is 0. The van der Waals surface area contributed by atoms with Gasteiger partial charge in [-0.3, -0.25) is 0 Å². The van der Waals surface area contributed by atoms with Crippen LogP contribution >= 0.6 is 51.2 Å². The molecule has 6 rings (SSSR count). The Morgan fingerprint density at radius 1 is 0.245 bits per heavy atom. The summed E-state index contributed by atoms with van der Waals surface area (Å²) in [6.45, 7) is 26.1. The predicted molar refractivity (Wildman–Crippen MR) is 472 cm³/mol. The summed E-state index contributed by atoms with van der Waals surface area (Å²) in [6.07, 6.45) is 51.2. The van der Waals surface area contributed by atoms with Crippen molar-refractivity contribution in [1.29, 1.82) is 0 Å². The minimum Gasteiger partial charge on any atom is -0.783 e. The first-order valence-electron chi connectivity index (χ1n) is 41.2. The zero-order chi connectivity index (χ0) is 76.6. The Kier molecular flexibility index (Phi) is 53.8. The quantitative estimate of drug-likeness (QED) is 0.0269. The van der Waals surface area contributed by atoms with E-state index in [1.165, 1.54) is 277 Å². The minimum absolute atomic E-state index is 0. The van der Waals surface area contributed by atoms with Gasteiger partial charge in [-0.05, 0) is 188 Å². The molecule has 3 unspecified atom stereocenters. The van der Waals surface area contributed by atoms with E-state index in [-0.39, 0.29) is 17.4 Å². The van der Waals surface area contributed by atoms with E-state index in [4.69, 9.17) is 49.0 Å². The van der Waals surface area contributed by atoms with Crippen LogP contribution < -0.4 is 28.3 Å². The molecule has 16 heteroatoms. The van der Waals surface area contributed by atoms with Gasteiger partial charge in [-0.15, -0.1) is 0 Å². The second-order valence-electron chi connectivity index (χ2n) is 29.7. The van der Waals surface area contributed by atoms with Crippen LogP contribution in [0.5, 0.6) is 17.2 Å². The molecule has 6 aromatic rings. The van der Waals surface area contributed by atoms with Crippen molar-refractivity contribution in [3.05, 3.63) is 176 Å². The van der Waals surface area contributed by atoms with Crippen LogP contribution in [0.4, 0.5) is 0 Å². The van der Waals surface area contributed by atoms with Gasteiger partial charge >= 0.3 is 17.4 Å². The van der Waals surface area contributed by atoms with Crippen molar-refractivity contribution in [2.75, 3.05) is 0 Å². The molecule has 0 saturated heterocycles. The molecular weight excluding hydrogens is 1510 g/mol. The van der Waals surface area contributed by atoms with E-state index in [0.717, 1.165) is 108 Å². The van der Waals surface area contributed by atoms with Gasteiger partial charge in [0.2, 0.25) is 0 Å². The van der Waals surface area contributed by atoms with Crippen LogP contribution in [0.1, 0.15) is 339 Å². The van der Waals surface area contributed by atoms with Gasteiger partial charge in [0.25, 0.3) is 0 Å². The van der Waals surface area contributed by atoms with Crippen molar-refractivity contribution >= 4 is 86.6 Å². The molecule has 0 aliphatic rings. The van der Waals surface area contributed by atoms with Crippen LogP contribution in [0.25, 0.3) is 0 Å². The zero-order valence-corrected chi connectivity index (χ0v) is 76.6. The van der Waals surface area contributed by atoms with Gasteiger partial charge in [0.15, 0.2) is 0 Å². The first kappa shape index (κ1) is 98.3. The molecule has 0 aliphatic carbocycles. The summed E-state index contributed by atoms with van der Waals surface area (Å²) in [5.74, 6) is 2.08. The van der Waals surface area contributed by atoms with Gasteiger partial charge in [0, 0.05) is 14.7 Å². The second-order valence-corrected chi connectivity index (χ2v) is 47.1. The Hall–Kier alpha value is -1.87. The smallest absolute Gasteiger partial charge is 0.783 e. The second kappa shape index (κ2) is 58.0. The van der Waals surface area contributed by atoms with Gasteiger partial charge in [0.1, 0.15) is 34.3 Å². The van der Waals surface area contributed by atoms with Crippen molar-refractivity contribution in [1.82, 2.24) is 0 Å². The van der Waals surface area contributed by atoms with Crippen molar-refractivity contribution < 1.29 is 45.6 Å². The molecule has 0 spiro atoms. The molecule has 0 bridgehead atoms. The predicted octanol–water partition coefficient (Wildman–Crippen LogP) is 29.6. The first-order chi connectivity index (χ1) is 50.5. The van der Waals surface area contributed by atoms with E-state index in [1.807, 2.05) is 36.4 Å². The largest absolute Gasteiger partial charge is 3.00 e. The number of hydrogen-bond acceptors (Lipinski definition) is 12. The summed E-state index contributed by atoms with van der Waals surface area (Å²) in [6, 6.07) is 37.5. The monoisotopic (exact) mass is 1650 g/mol. The molecule has 0 amide bonds. The maximum atomic E-state index is 13.5. The molecule has 3 atom stereocenters. The molecule has 106 heavy (non-hydrogen) atoms. The molecule has 0 aliphatic heterocycles. The third kappa shape index (κ3) is 44.0. The van der Waals surface area contributed by atoms with Gasteiger partial charge < -0.3 is 28.3 Å². The van der Waals surface area contributed by atoms with E-state index < -0.39 is 17.1 Å². The summed E-state index contributed by atoms with van der Waals surface area (Å²) >= 11 is 20.4. The maximum Gasteiger partial charge on any atom is 3.00 e. The first-order valence-corrected chi connectivity index (χ1v) is 53.4. The van der Waals surface area contributed by atoms with Crippen LogP contribution in [-0.4, -0.2) is 0 Å². The third-order valence-electron chi connectivity index (χ3n) is 19.4. The fraction of sp³-hybridized carbons (Fsp3) is 0.600. The summed E-state index contributed by atoms with van der Waals surface area (Å²) in [4.78, 5) is 43.5. The van der Waals surface area contributed by atoms with Gasteiger partial charge in [-0.2, -0.15) is 0 Å². The topological polar surface area (TPSA) is 96.9 Å². The van der Waals surface area contributed by atoms with Crippen LogP contribution in [0.3, 0.4) is 0 Å². The summed E-state index contributed by atoms with van der Waals surface area (Å²) in [5.41, 5.74) is 4.43. The van der Waals surface area contributed by atoms with E-state index in [1.54, 1.807) is 0 Å². The van der Waals surface area contributed by atoms with E-state index in [0.29, 0.717) is 17.2 Å². The number of benzene rings is 6. The normalized spacial score (nSPS) is 12.9. The molecule has 6 aromatic carbocycles. The number of rotatable bonds is 54. The third-order valence-corrected chi connectivity index (χ3v) is 30.2. The molecule has 591 valence electrons. The molecule has 0 fully saturated rings. The average molecular weight is 1650 g/mol. The maximum absolute atomic E-state index is 13.5. The Labute approximate surface area is 687 Å². The van der Waals surface area contributed by atoms with Crippen LogP contribution in [0.15, 0.2) is 124 Å². The van der Waals surface area contributed by atoms with Crippen LogP contribution in [0.2, 0.25) is 0 Å². The molecule has 0 saturated carbocycles. The molecule has 0 heterocycles. The number of aryl methyl sites for hydroxylation is 12. The SMILES string of the molecule is CCCCCCCCc1cc(C)ccc1OP([O-])(=S)Sc1ccc(C)cc1CCCCCCCC.CCCCCCCCc1cc(C)ccc1OP([O-])(=S)Sc1ccc(C)cc1CCCCCCCC.CCCCCCCCc1cc(C)ccc1OP([O-])(=S)Sc1ccc(C)cc1CCCCCCCC.[Cr+3]. The van der Waals surface area contributed by atoms with Crippen LogP contribution in [0, 0.1) is 41.5 Å². The van der Waals surface area contributed by atoms with Gasteiger partial charge in [0.05, 0.1) is 0 Å². The minimum atomic E-state index is -3.33. The van der Waals surface area contributed by atoms with E-state index >= 15 is 0 Å². The van der Waals surface area contributed by atoms with Crippen molar-refractivity contribution in [2.45, 2.75) is 367 Å². The Balaban J connectivity index is 0.000000411. The molecule has 0 N–H and O–H groups in total. The molecule has 1 radical (unpaired) electrons. The van der Waals surface area contributed by atoms with Gasteiger partial charge in [-0.1, -0.05) is 410 Å². The molecule has 6 nitrogen and oxygen atoms in total. The van der Waals surface area contributed by atoms with Gasteiger partial charge in [-0.25, -0.2) is 0 Å². The fourth-order valence-corrected chi connectivity index (χ4v) is 24.3. The molecule has 0 aromatic heterocycles. The van der Waals surface area contributed by atoms with Crippen molar-refractivity contribution in [3.63, 3.8) is 0 Å². The Morgan fingerprint density at radius 2 is 0.406 bits per heavy atom. The summed E-state index contributed by atoms with van der Waals surface area (Å²) < 4.78 is 18.2.